The zero-order valence-corrected chi connectivity index (χ0v) is 10.8. The molecule has 1 atom stereocenters. The standard InChI is InChI=1S/C13H18N2O4/c1-14-13(17)8-15-7-10(16)9-2-3-11-12(6-9)19-5-4-18-11/h2-3,6,10,15-16H,4-5,7-8H2,1H3,(H,14,17). The van der Waals surface area contributed by atoms with E-state index >= 15 is 0 Å². The molecule has 0 radical (unpaired) electrons. The summed E-state index contributed by atoms with van der Waals surface area (Å²) in [7, 11) is 1.57. The van der Waals surface area contributed by atoms with Crippen LogP contribution in [0.25, 0.3) is 0 Å². The van der Waals surface area contributed by atoms with E-state index in [0.717, 1.165) is 5.56 Å². The highest BCUT2D eigenvalue weighted by Gasteiger charge is 2.15. The molecule has 1 aromatic rings. The van der Waals surface area contributed by atoms with Crippen LogP contribution in [0.15, 0.2) is 18.2 Å². The second kappa shape index (κ2) is 6.40. The Kier molecular flexibility index (Phi) is 4.59. The van der Waals surface area contributed by atoms with E-state index in [1.54, 1.807) is 25.2 Å². The number of nitrogens with one attached hydrogen (secondary N) is 2. The number of rotatable bonds is 5. The normalized spacial score (nSPS) is 14.8. The van der Waals surface area contributed by atoms with Gasteiger partial charge in [-0.05, 0) is 17.7 Å². The van der Waals surface area contributed by atoms with Crippen LogP contribution in [0.4, 0.5) is 0 Å². The van der Waals surface area contributed by atoms with Gasteiger partial charge in [0, 0.05) is 13.6 Å². The van der Waals surface area contributed by atoms with E-state index in [1.807, 2.05) is 0 Å². The summed E-state index contributed by atoms with van der Waals surface area (Å²) in [6, 6.07) is 5.34. The van der Waals surface area contributed by atoms with Gasteiger partial charge in [0.1, 0.15) is 13.2 Å². The topological polar surface area (TPSA) is 79.8 Å². The Bertz CT molecular complexity index is 450. The summed E-state index contributed by atoms with van der Waals surface area (Å²) in [6.07, 6.45) is -0.694. The Labute approximate surface area is 111 Å². The summed E-state index contributed by atoms with van der Waals surface area (Å²) in [6.45, 7) is 1.54. The first-order valence-corrected chi connectivity index (χ1v) is 6.19. The van der Waals surface area contributed by atoms with Gasteiger partial charge in [-0.25, -0.2) is 0 Å². The zero-order valence-electron chi connectivity index (χ0n) is 10.8. The molecule has 1 aliphatic heterocycles. The highest BCUT2D eigenvalue weighted by molar-refractivity contribution is 5.77. The first-order chi connectivity index (χ1) is 9.20. The monoisotopic (exact) mass is 266 g/mol. The lowest BCUT2D eigenvalue weighted by Gasteiger charge is -2.20. The van der Waals surface area contributed by atoms with Crippen LogP contribution in [-0.4, -0.2) is 44.4 Å². The summed E-state index contributed by atoms with van der Waals surface area (Å²) >= 11 is 0. The molecule has 6 nitrogen and oxygen atoms in total. The number of likely N-dealkylation sites (N-methyl/N-ethyl adjacent to an activating group) is 1. The number of amides is 1. The molecule has 2 rings (SSSR count). The predicted octanol–water partition coefficient (Wildman–Crippen LogP) is -0.173. The number of ether oxygens (including phenoxy) is 2. The number of carbonyl (C=O) groups is 1. The van der Waals surface area contributed by atoms with Crippen LogP contribution in [0.2, 0.25) is 0 Å². The summed E-state index contributed by atoms with van der Waals surface area (Å²) in [5, 5.41) is 15.4. The molecule has 0 aliphatic carbocycles. The first kappa shape index (κ1) is 13.6. The molecule has 0 fully saturated rings. The summed E-state index contributed by atoms with van der Waals surface area (Å²) in [4.78, 5) is 11.0. The molecule has 0 aromatic heterocycles. The van der Waals surface area contributed by atoms with Crippen LogP contribution in [0.1, 0.15) is 11.7 Å². The van der Waals surface area contributed by atoms with Crippen molar-refractivity contribution in [2.75, 3.05) is 33.4 Å². The molecule has 6 heteroatoms. The van der Waals surface area contributed by atoms with E-state index in [2.05, 4.69) is 10.6 Å². The molecule has 1 unspecified atom stereocenters. The Morgan fingerprint density at radius 2 is 2.11 bits per heavy atom. The van der Waals surface area contributed by atoms with Crippen molar-refractivity contribution in [2.24, 2.45) is 0 Å². The van der Waals surface area contributed by atoms with E-state index in [1.165, 1.54) is 0 Å². The second-order valence-electron chi connectivity index (χ2n) is 4.22. The summed E-state index contributed by atoms with van der Waals surface area (Å²) in [5.74, 6) is 1.23. The van der Waals surface area contributed by atoms with Gasteiger partial charge in [-0.2, -0.15) is 0 Å². The Morgan fingerprint density at radius 1 is 1.37 bits per heavy atom. The SMILES string of the molecule is CNC(=O)CNCC(O)c1ccc2c(c1)OCCO2. The van der Waals surface area contributed by atoms with Gasteiger partial charge in [0.15, 0.2) is 11.5 Å². The Balaban J connectivity index is 1.91. The predicted molar refractivity (Wildman–Crippen MR) is 69.3 cm³/mol. The molecular weight excluding hydrogens is 248 g/mol. The molecule has 1 amide bonds. The third-order valence-corrected chi connectivity index (χ3v) is 2.85. The number of aliphatic hydroxyl groups is 1. The highest BCUT2D eigenvalue weighted by Crippen LogP contribution is 2.32. The third kappa shape index (κ3) is 3.59. The Hall–Kier alpha value is -1.79. The van der Waals surface area contributed by atoms with Crippen molar-refractivity contribution >= 4 is 5.91 Å². The average Bonchev–Trinajstić information content (AvgIpc) is 2.46. The van der Waals surface area contributed by atoms with E-state index in [9.17, 15) is 9.90 Å². The number of benzene rings is 1. The van der Waals surface area contributed by atoms with Crippen molar-refractivity contribution in [3.63, 3.8) is 0 Å². The molecule has 0 saturated carbocycles. The first-order valence-electron chi connectivity index (χ1n) is 6.19. The van der Waals surface area contributed by atoms with Gasteiger partial charge in [-0.15, -0.1) is 0 Å². The van der Waals surface area contributed by atoms with Crippen molar-refractivity contribution in [1.29, 1.82) is 0 Å². The van der Waals surface area contributed by atoms with E-state index < -0.39 is 6.10 Å². The number of hydrogen-bond acceptors (Lipinski definition) is 5. The molecule has 3 N–H and O–H groups in total. The van der Waals surface area contributed by atoms with Gasteiger partial charge in [0.2, 0.25) is 5.91 Å². The minimum atomic E-state index is -0.694. The van der Waals surface area contributed by atoms with E-state index in [0.29, 0.717) is 31.3 Å². The summed E-state index contributed by atoms with van der Waals surface area (Å²) in [5.41, 5.74) is 0.730. The fourth-order valence-corrected chi connectivity index (χ4v) is 1.80. The molecule has 104 valence electrons. The zero-order chi connectivity index (χ0) is 13.7. The van der Waals surface area contributed by atoms with Gasteiger partial charge in [0.25, 0.3) is 0 Å². The number of hydrogen-bond donors (Lipinski definition) is 3. The molecule has 0 saturated heterocycles. The van der Waals surface area contributed by atoms with Gasteiger partial charge >= 0.3 is 0 Å². The van der Waals surface area contributed by atoms with Gasteiger partial charge < -0.3 is 25.2 Å². The highest BCUT2D eigenvalue weighted by atomic mass is 16.6. The Morgan fingerprint density at radius 3 is 2.84 bits per heavy atom. The minimum Gasteiger partial charge on any atom is -0.486 e. The number of fused-ring (bicyclic) bond motifs is 1. The van der Waals surface area contributed by atoms with Crippen LogP contribution in [0.3, 0.4) is 0 Å². The van der Waals surface area contributed by atoms with Crippen LogP contribution >= 0.6 is 0 Å². The number of carbonyl (C=O) groups excluding carboxylic acids is 1. The van der Waals surface area contributed by atoms with Crippen LogP contribution < -0.4 is 20.1 Å². The maximum Gasteiger partial charge on any atom is 0.233 e. The van der Waals surface area contributed by atoms with E-state index in [4.69, 9.17) is 9.47 Å². The quantitative estimate of drug-likeness (QED) is 0.689. The van der Waals surface area contributed by atoms with Crippen molar-refractivity contribution in [2.45, 2.75) is 6.10 Å². The molecule has 19 heavy (non-hydrogen) atoms. The van der Waals surface area contributed by atoms with Crippen molar-refractivity contribution < 1.29 is 19.4 Å². The molecular formula is C13H18N2O4. The minimum absolute atomic E-state index is 0.116. The molecule has 0 bridgehead atoms. The van der Waals surface area contributed by atoms with Crippen molar-refractivity contribution in [1.82, 2.24) is 10.6 Å². The second-order valence-corrected chi connectivity index (χ2v) is 4.22. The maximum atomic E-state index is 11.0. The average molecular weight is 266 g/mol. The van der Waals surface area contributed by atoms with Crippen molar-refractivity contribution in [3.05, 3.63) is 23.8 Å². The van der Waals surface area contributed by atoms with Crippen LogP contribution in [-0.2, 0) is 4.79 Å². The van der Waals surface area contributed by atoms with Gasteiger partial charge in [-0.3, -0.25) is 4.79 Å². The van der Waals surface area contributed by atoms with E-state index in [-0.39, 0.29) is 12.5 Å². The maximum absolute atomic E-state index is 11.0. The number of aliphatic hydroxyl groups excluding tert-OH is 1. The van der Waals surface area contributed by atoms with Gasteiger partial charge in [-0.1, -0.05) is 6.07 Å². The fraction of sp³-hybridized carbons (Fsp3) is 0.462. The molecule has 0 spiro atoms. The lowest BCUT2D eigenvalue weighted by Crippen LogP contribution is -2.33. The van der Waals surface area contributed by atoms with Crippen LogP contribution in [0.5, 0.6) is 11.5 Å². The molecule has 1 heterocycles. The van der Waals surface area contributed by atoms with Gasteiger partial charge in [0.05, 0.1) is 12.6 Å². The fourth-order valence-electron chi connectivity index (χ4n) is 1.80. The third-order valence-electron chi connectivity index (χ3n) is 2.85. The molecule has 1 aromatic carbocycles. The van der Waals surface area contributed by atoms with Crippen LogP contribution in [0, 0.1) is 0 Å². The smallest absolute Gasteiger partial charge is 0.233 e. The van der Waals surface area contributed by atoms with Crippen molar-refractivity contribution in [3.8, 4) is 11.5 Å². The largest absolute Gasteiger partial charge is 0.486 e. The lowest BCUT2D eigenvalue weighted by molar-refractivity contribution is -0.119. The summed E-state index contributed by atoms with van der Waals surface area (Å²) < 4.78 is 10.9. The lowest BCUT2D eigenvalue weighted by atomic mass is 10.1. The molecule has 1 aliphatic rings.